The van der Waals surface area contributed by atoms with Gasteiger partial charge in [-0.3, -0.25) is 4.79 Å². The highest BCUT2D eigenvalue weighted by Gasteiger charge is 2.47. The lowest BCUT2D eigenvalue weighted by Gasteiger charge is -2.32. The zero-order valence-electron chi connectivity index (χ0n) is 13.6. The minimum absolute atomic E-state index is 0.00622. The van der Waals surface area contributed by atoms with E-state index in [0.29, 0.717) is 12.2 Å². The van der Waals surface area contributed by atoms with Crippen LogP contribution in [0.2, 0.25) is 0 Å². The molecule has 1 aromatic rings. The van der Waals surface area contributed by atoms with Crippen LogP contribution in [-0.4, -0.2) is 53.8 Å². The molecular formula is C18H24N2O3. The quantitative estimate of drug-likeness (QED) is 0.854. The van der Waals surface area contributed by atoms with Gasteiger partial charge in [0, 0.05) is 18.9 Å². The summed E-state index contributed by atoms with van der Waals surface area (Å²) in [5, 5.41) is 0. The summed E-state index contributed by atoms with van der Waals surface area (Å²) < 4.78 is 12.1. The highest BCUT2D eigenvalue weighted by atomic mass is 16.5. The standard InChI is InChI=1S/C18H24N2O3/c1-12-4-2-5-14(19-12)18(21)20-10-16(23-11-13-7-8-13)17-15(20)6-3-9-22-17/h2,4-5,13,15-17H,3,6-11H2,1H3/t15-,16+,17+/m1/s1. The molecule has 3 atom stereocenters. The first-order chi connectivity index (χ1) is 11.2. The van der Waals surface area contributed by atoms with Crippen LogP contribution in [0.25, 0.3) is 0 Å². The average Bonchev–Trinajstić information content (AvgIpc) is 3.33. The van der Waals surface area contributed by atoms with Crippen molar-refractivity contribution in [3.63, 3.8) is 0 Å². The fraction of sp³-hybridized carbons (Fsp3) is 0.667. The van der Waals surface area contributed by atoms with Gasteiger partial charge in [-0.25, -0.2) is 4.98 Å². The number of pyridine rings is 1. The van der Waals surface area contributed by atoms with Crippen molar-refractivity contribution in [2.24, 2.45) is 5.92 Å². The largest absolute Gasteiger partial charge is 0.373 e. The van der Waals surface area contributed by atoms with Crippen LogP contribution in [-0.2, 0) is 9.47 Å². The minimum atomic E-state index is 0.00622. The van der Waals surface area contributed by atoms with E-state index in [-0.39, 0.29) is 24.2 Å². The summed E-state index contributed by atoms with van der Waals surface area (Å²) in [7, 11) is 0. The summed E-state index contributed by atoms with van der Waals surface area (Å²) in [6.45, 7) is 4.11. The van der Waals surface area contributed by atoms with Crippen LogP contribution in [0.5, 0.6) is 0 Å². The van der Waals surface area contributed by atoms with Gasteiger partial charge in [0.2, 0.25) is 0 Å². The van der Waals surface area contributed by atoms with E-state index in [9.17, 15) is 4.79 Å². The number of aryl methyl sites for hydroxylation is 1. The number of aromatic nitrogens is 1. The van der Waals surface area contributed by atoms with Gasteiger partial charge in [-0.05, 0) is 50.7 Å². The van der Waals surface area contributed by atoms with Crippen molar-refractivity contribution in [1.82, 2.24) is 9.88 Å². The Labute approximate surface area is 137 Å². The Morgan fingerprint density at radius 1 is 1.39 bits per heavy atom. The highest BCUT2D eigenvalue weighted by Crippen LogP contribution is 2.34. The molecule has 5 heteroatoms. The molecule has 3 heterocycles. The Bertz CT molecular complexity index is 587. The summed E-state index contributed by atoms with van der Waals surface area (Å²) in [6, 6.07) is 5.73. The number of likely N-dealkylation sites (tertiary alicyclic amines) is 1. The predicted octanol–water partition coefficient (Wildman–Crippen LogP) is 2.19. The molecule has 2 saturated heterocycles. The Morgan fingerprint density at radius 3 is 3.04 bits per heavy atom. The van der Waals surface area contributed by atoms with Crippen molar-refractivity contribution < 1.29 is 14.3 Å². The lowest BCUT2D eigenvalue weighted by atomic mass is 10.0. The lowest BCUT2D eigenvalue weighted by Crippen LogP contribution is -2.44. The van der Waals surface area contributed by atoms with E-state index < -0.39 is 0 Å². The van der Waals surface area contributed by atoms with E-state index in [1.807, 2.05) is 24.0 Å². The van der Waals surface area contributed by atoms with Gasteiger partial charge in [0.05, 0.1) is 12.6 Å². The van der Waals surface area contributed by atoms with Gasteiger partial charge < -0.3 is 14.4 Å². The zero-order chi connectivity index (χ0) is 15.8. The second kappa shape index (κ2) is 6.21. The molecule has 1 amide bonds. The first kappa shape index (κ1) is 15.1. The molecule has 1 aliphatic carbocycles. The van der Waals surface area contributed by atoms with Gasteiger partial charge in [0.15, 0.2) is 0 Å². The minimum Gasteiger partial charge on any atom is -0.373 e. The summed E-state index contributed by atoms with van der Waals surface area (Å²) in [5.74, 6) is 0.729. The van der Waals surface area contributed by atoms with Crippen LogP contribution in [0, 0.1) is 12.8 Å². The van der Waals surface area contributed by atoms with Gasteiger partial charge >= 0.3 is 0 Å². The second-order valence-electron chi connectivity index (χ2n) is 6.98. The molecule has 0 bridgehead atoms. The highest BCUT2D eigenvalue weighted by molar-refractivity contribution is 5.93. The smallest absolute Gasteiger partial charge is 0.272 e. The van der Waals surface area contributed by atoms with Crippen molar-refractivity contribution in [1.29, 1.82) is 0 Å². The molecular weight excluding hydrogens is 292 g/mol. The molecule has 2 aliphatic heterocycles. The Balaban J connectivity index is 1.51. The molecule has 3 aliphatic rings. The number of rotatable bonds is 4. The maximum Gasteiger partial charge on any atom is 0.272 e. The number of carbonyl (C=O) groups excluding carboxylic acids is 1. The first-order valence-electron chi connectivity index (χ1n) is 8.70. The van der Waals surface area contributed by atoms with Gasteiger partial charge in [-0.15, -0.1) is 0 Å². The molecule has 0 radical (unpaired) electrons. The van der Waals surface area contributed by atoms with Crippen LogP contribution < -0.4 is 0 Å². The number of amides is 1. The topological polar surface area (TPSA) is 51.7 Å². The number of hydrogen-bond acceptors (Lipinski definition) is 4. The average molecular weight is 316 g/mol. The summed E-state index contributed by atoms with van der Waals surface area (Å²) >= 11 is 0. The van der Waals surface area contributed by atoms with E-state index in [1.165, 1.54) is 12.8 Å². The maximum absolute atomic E-state index is 12.9. The second-order valence-corrected chi connectivity index (χ2v) is 6.98. The molecule has 1 aromatic heterocycles. The number of fused-ring (bicyclic) bond motifs is 1. The van der Waals surface area contributed by atoms with Gasteiger partial charge in [-0.2, -0.15) is 0 Å². The predicted molar refractivity (Wildman–Crippen MR) is 85.2 cm³/mol. The summed E-state index contributed by atoms with van der Waals surface area (Å²) in [5.41, 5.74) is 1.39. The van der Waals surface area contributed by atoms with Crippen molar-refractivity contribution >= 4 is 5.91 Å². The van der Waals surface area contributed by atoms with E-state index in [0.717, 1.165) is 37.7 Å². The molecule has 0 spiro atoms. The van der Waals surface area contributed by atoms with Crippen molar-refractivity contribution in [3.05, 3.63) is 29.6 Å². The fourth-order valence-electron chi connectivity index (χ4n) is 3.64. The maximum atomic E-state index is 12.9. The monoisotopic (exact) mass is 316 g/mol. The van der Waals surface area contributed by atoms with Gasteiger partial charge in [0.25, 0.3) is 5.91 Å². The molecule has 4 rings (SSSR count). The summed E-state index contributed by atoms with van der Waals surface area (Å²) in [6.07, 6.45) is 4.58. The van der Waals surface area contributed by atoms with Crippen LogP contribution in [0.3, 0.4) is 0 Å². The Kier molecular flexibility index (Phi) is 4.07. The normalized spacial score (nSPS) is 30.3. The SMILES string of the molecule is Cc1cccc(C(=O)N2C[C@H](OCC3CC3)[C@H]3OCCC[C@H]32)n1. The number of hydrogen-bond donors (Lipinski definition) is 0. The van der Waals surface area contributed by atoms with Crippen molar-refractivity contribution in [2.45, 2.75) is 50.9 Å². The molecule has 5 nitrogen and oxygen atoms in total. The Hall–Kier alpha value is -1.46. The lowest BCUT2D eigenvalue weighted by molar-refractivity contribution is -0.0781. The van der Waals surface area contributed by atoms with Crippen LogP contribution >= 0.6 is 0 Å². The molecule has 0 unspecified atom stereocenters. The van der Waals surface area contributed by atoms with E-state index >= 15 is 0 Å². The fourth-order valence-corrected chi connectivity index (χ4v) is 3.64. The molecule has 1 saturated carbocycles. The third kappa shape index (κ3) is 3.12. The molecule has 0 aromatic carbocycles. The number of nitrogens with zero attached hydrogens (tertiary/aromatic N) is 2. The zero-order valence-corrected chi connectivity index (χ0v) is 13.6. The number of carbonyl (C=O) groups is 1. The molecule has 0 N–H and O–H groups in total. The molecule has 3 fully saturated rings. The van der Waals surface area contributed by atoms with Crippen molar-refractivity contribution in [3.8, 4) is 0 Å². The Morgan fingerprint density at radius 2 is 2.26 bits per heavy atom. The van der Waals surface area contributed by atoms with E-state index in [4.69, 9.17) is 9.47 Å². The third-order valence-corrected chi connectivity index (χ3v) is 5.09. The third-order valence-electron chi connectivity index (χ3n) is 5.09. The van der Waals surface area contributed by atoms with E-state index in [2.05, 4.69) is 4.98 Å². The van der Waals surface area contributed by atoms with Crippen molar-refractivity contribution in [2.75, 3.05) is 19.8 Å². The molecule has 124 valence electrons. The van der Waals surface area contributed by atoms with Crippen LogP contribution in [0.1, 0.15) is 41.9 Å². The number of ether oxygens (including phenoxy) is 2. The first-order valence-corrected chi connectivity index (χ1v) is 8.70. The summed E-state index contributed by atoms with van der Waals surface area (Å²) in [4.78, 5) is 19.2. The molecule has 23 heavy (non-hydrogen) atoms. The van der Waals surface area contributed by atoms with Crippen LogP contribution in [0.15, 0.2) is 18.2 Å². The van der Waals surface area contributed by atoms with Gasteiger partial charge in [-0.1, -0.05) is 6.07 Å². The van der Waals surface area contributed by atoms with Gasteiger partial charge in [0.1, 0.15) is 17.9 Å². The van der Waals surface area contributed by atoms with Crippen LogP contribution in [0.4, 0.5) is 0 Å². The van der Waals surface area contributed by atoms with E-state index in [1.54, 1.807) is 6.07 Å².